The molecule has 1 N–H and O–H groups in total. The monoisotopic (exact) mass is 352 g/mol. The Labute approximate surface area is 149 Å². The van der Waals surface area contributed by atoms with E-state index in [1.54, 1.807) is 41.9 Å². The number of nitrogens with zero attached hydrogens (tertiary/aromatic N) is 2. The SMILES string of the molecule is C[C@@H]1CCc2c(sc3ncnc(NCc4ccc(C(=O)[O-])cc4)c23)C1. The molecule has 6 heteroatoms. The molecular weight excluding hydrogens is 334 g/mol. The first-order valence-corrected chi connectivity index (χ1v) is 9.23. The largest absolute Gasteiger partial charge is 0.545 e. The normalized spacial score (nSPS) is 16.6. The van der Waals surface area contributed by atoms with Crippen LogP contribution in [0.5, 0.6) is 0 Å². The van der Waals surface area contributed by atoms with Gasteiger partial charge in [0.2, 0.25) is 0 Å². The number of nitrogens with one attached hydrogen (secondary N) is 1. The highest BCUT2D eigenvalue weighted by molar-refractivity contribution is 7.19. The molecule has 5 nitrogen and oxygen atoms in total. The molecule has 1 aromatic carbocycles. The number of benzene rings is 1. The highest BCUT2D eigenvalue weighted by Crippen LogP contribution is 2.39. The third kappa shape index (κ3) is 3.09. The lowest BCUT2D eigenvalue weighted by Gasteiger charge is -2.18. The molecule has 1 aliphatic rings. The number of thiophene rings is 1. The van der Waals surface area contributed by atoms with E-state index >= 15 is 0 Å². The van der Waals surface area contributed by atoms with Gasteiger partial charge in [-0.25, -0.2) is 9.97 Å². The predicted octanol–water partition coefficient (Wildman–Crippen LogP) is 2.79. The summed E-state index contributed by atoms with van der Waals surface area (Å²) in [5, 5.41) is 15.4. The zero-order valence-electron chi connectivity index (χ0n) is 13.9. The number of aromatic nitrogens is 2. The summed E-state index contributed by atoms with van der Waals surface area (Å²) in [5.41, 5.74) is 2.58. The van der Waals surface area contributed by atoms with Crippen molar-refractivity contribution in [2.45, 2.75) is 32.7 Å². The number of aryl methyl sites for hydroxylation is 1. The van der Waals surface area contributed by atoms with E-state index in [0.717, 1.165) is 40.4 Å². The average molecular weight is 352 g/mol. The number of rotatable bonds is 4. The molecule has 4 rings (SSSR count). The second kappa shape index (κ2) is 6.44. The molecule has 25 heavy (non-hydrogen) atoms. The number of fused-ring (bicyclic) bond motifs is 3. The molecule has 0 aliphatic heterocycles. The van der Waals surface area contributed by atoms with Gasteiger partial charge in [0.15, 0.2) is 0 Å². The summed E-state index contributed by atoms with van der Waals surface area (Å²) in [5.74, 6) is 0.435. The molecule has 1 aliphatic carbocycles. The van der Waals surface area contributed by atoms with Crippen LogP contribution < -0.4 is 10.4 Å². The van der Waals surface area contributed by atoms with Crippen LogP contribution in [0.15, 0.2) is 30.6 Å². The minimum absolute atomic E-state index is 0.189. The molecule has 0 amide bonds. The number of aromatic carboxylic acids is 1. The van der Waals surface area contributed by atoms with Crippen LogP contribution >= 0.6 is 11.3 Å². The van der Waals surface area contributed by atoms with Crippen LogP contribution in [-0.4, -0.2) is 15.9 Å². The fraction of sp³-hybridized carbons (Fsp3) is 0.316. The summed E-state index contributed by atoms with van der Waals surface area (Å²) < 4.78 is 0. The third-order valence-electron chi connectivity index (χ3n) is 4.74. The number of hydrogen-bond donors (Lipinski definition) is 1. The zero-order chi connectivity index (χ0) is 17.4. The Bertz CT molecular complexity index is 934. The van der Waals surface area contributed by atoms with E-state index in [-0.39, 0.29) is 5.56 Å². The van der Waals surface area contributed by atoms with Crippen LogP contribution in [0.4, 0.5) is 5.82 Å². The van der Waals surface area contributed by atoms with E-state index < -0.39 is 5.97 Å². The summed E-state index contributed by atoms with van der Waals surface area (Å²) in [4.78, 5) is 22.2. The molecule has 3 aromatic rings. The maximum Gasteiger partial charge on any atom is 0.138 e. The Morgan fingerprint density at radius 2 is 2.12 bits per heavy atom. The summed E-state index contributed by atoms with van der Waals surface area (Å²) in [6.07, 6.45) is 5.02. The van der Waals surface area contributed by atoms with E-state index in [0.29, 0.717) is 6.54 Å². The molecule has 2 aromatic heterocycles. The van der Waals surface area contributed by atoms with Gasteiger partial charge < -0.3 is 15.2 Å². The van der Waals surface area contributed by atoms with E-state index in [2.05, 4.69) is 22.2 Å². The van der Waals surface area contributed by atoms with Crippen molar-refractivity contribution in [2.75, 3.05) is 5.32 Å². The molecule has 2 heterocycles. The Morgan fingerprint density at radius 1 is 1.32 bits per heavy atom. The lowest BCUT2D eigenvalue weighted by Crippen LogP contribution is -2.22. The molecule has 0 fully saturated rings. The Hall–Kier alpha value is -2.47. The van der Waals surface area contributed by atoms with Crippen molar-refractivity contribution in [1.29, 1.82) is 0 Å². The molecule has 128 valence electrons. The molecule has 0 saturated heterocycles. The average Bonchev–Trinajstić information content (AvgIpc) is 2.98. The number of carbonyl (C=O) groups is 1. The predicted molar refractivity (Wildman–Crippen MR) is 96.7 cm³/mol. The van der Waals surface area contributed by atoms with Crippen molar-refractivity contribution in [3.05, 3.63) is 52.2 Å². The van der Waals surface area contributed by atoms with E-state index in [4.69, 9.17) is 0 Å². The molecule has 1 atom stereocenters. The third-order valence-corrected chi connectivity index (χ3v) is 5.90. The van der Waals surface area contributed by atoms with Crippen molar-refractivity contribution in [2.24, 2.45) is 5.92 Å². The van der Waals surface area contributed by atoms with Gasteiger partial charge in [-0.1, -0.05) is 31.2 Å². The van der Waals surface area contributed by atoms with Gasteiger partial charge in [0.05, 0.1) is 11.4 Å². The minimum atomic E-state index is -1.16. The fourth-order valence-corrected chi connectivity index (χ4v) is 4.70. The second-order valence-electron chi connectivity index (χ2n) is 6.59. The Balaban J connectivity index is 1.60. The van der Waals surface area contributed by atoms with Gasteiger partial charge in [-0.2, -0.15) is 0 Å². The standard InChI is InChI=1S/C19H19N3O2S/c1-11-2-7-14-15(8-11)25-18-16(14)17(21-10-22-18)20-9-12-3-5-13(6-4-12)19(23)24/h3-6,10-11H,2,7-9H2,1H3,(H,23,24)(H,20,21,22)/p-1/t11-/m1/s1. The van der Waals surface area contributed by atoms with E-state index in [1.807, 2.05) is 0 Å². The molecule has 0 unspecified atom stereocenters. The van der Waals surface area contributed by atoms with Gasteiger partial charge in [0.1, 0.15) is 17.0 Å². The summed E-state index contributed by atoms with van der Waals surface area (Å²) in [6.45, 7) is 2.88. The number of hydrogen-bond acceptors (Lipinski definition) is 6. The van der Waals surface area contributed by atoms with Gasteiger partial charge in [-0.15, -0.1) is 11.3 Å². The zero-order valence-corrected chi connectivity index (χ0v) is 14.7. The van der Waals surface area contributed by atoms with E-state index in [9.17, 15) is 9.90 Å². The maximum atomic E-state index is 10.8. The van der Waals surface area contributed by atoms with Crippen LogP contribution in [0.1, 0.15) is 39.7 Å². The van der Waals surface area contributed by atoms with Gasteiger partial charge in [0.25, 0.3) is 0 Å². The van der Waals surface area contributed by atoms with Crippen molar-refractivity contribution in [3.8, 4) is 0 Å². The number of carboxylic acids is 1. The lowest BCUT2D eigenvalue weighted by molar-refractivity contribution is -0.255. The van der Waals surface area contributed by atoms with Gasteiger partial charge in [-0.05, 0) is 41.9 Å². The van der Waals surface area contributed by atoms with E-state index in [1.165, 1.54) is 16.9 Å². The van der Waals surface area contributed by atoms with Crippen LogP contribution in [0.3, 0.4) is 0 Å². The van der Waals surface area contributed by atoms with Crippen molar-refractivity contribution in [3.63, 3.8) is 0 Å². The first-order valence-electron chi connectivity index (χ1n) is 8.41. The van der Waals surface area contributed by atoms with Crippen molar-refractivity contribution >= 4 is 33.3 Å². The van der Waals surface area contributed by atoms with Crippen LogP contribution in [-0.2, 0) is 19.4 Å². The quantitative estimate of drug-likeness (QED) is 0.781. The van der Waals surface area contributed by atoms with Gasteiger partial charge >= 0.3 is 0 Å². The maximum absolute atomic E-state index is 10.8. The second-order valence-corrected chi connectivity index (χ2v) is 7.68. The van der Waals surface area contributed by atoms with Crippen LogP contribution in [0.25, 0.3) is 10.2 Å². The summed E-state index contributed by atoms with van der Waals surface area (Å²) in [6, 6.07) is 6.72. The summed E-state index contributed by atoms with van der Waals surface area (Å²) >= 11 is 1.78. The minimum Gasteiger partial charge on any atom is -0.545 e. The Morgan fingerprint density at radius 3 is 2.88 bits per heavy atom. The van der Waals surface area contributed by atoms with Crippen molar-refractivity contribution < 1.29 is 9.90 Å². The Kier molecular flexibility index (Phi) is 4.13. The first-order chi connectivity index (χ1) is 12.1. The molecule has 0 spiro atoms. The molecule has 0 bridgehead atoms. The number of carboxylic acid groups (broad SMARTS) is 1. The highest BCUT2D eigenvalue weighted by Gasteiger charge is 2.22. The first kappa shape index (κ1) is 16.0. The van der Waals surface area contributed by atoms with Crippen LogP contribution in [0, 0.1) is 5.92 Å². The van der Waals surface area contributed by atoms with Gasteiger partial charge in [-0.3, -0.25) is 0 Å². The number of anilines is 1. The fourth-order valence-electron chi connectivity index (χ4n) is 3.35. The molecule has 0 saturated carbocycles. The molecular formula is C19H18N3O2S-. The smallest absolute Gasteiger partial charge is 0.138 e. The molecule has 0 radical (unpaired) electrons. The summed E-state index contributed by atoms with van der Waals surface area (Å²) in [7, 11) is 0. The van der Waals surface area contributed by atoms with Crippen molar-refractivity contribution in [1.82, 2.24) is 9.97 Å². The lowest BCUT2D eigenvalue weighted by atomic mass is 9.89. The van der Waals surface area contributed by atoms with Crippen LogP contribution in [0.2, 0.25) is 0 Å². The number of carbonyl (C=O) groups excluding carboxylic acids is 1. The topological polar surface area (TPSA) is 77.9 Å². The highest BCUT2D eigenvalue weighted by atomic mass is 32.1. The van der Waals surface area contributed by atoms with Gasteiger partial charge in [0, 0.05) is 11.4 Å².